The Labute approximate surface area is 105 Å². The van der Waals surface area contributed by atoms with Gasteiger partial charge in [0.25, 0.3) is 0 Å². The van der Waals surface area contributed by atoms with Crippen LogP contribution in [0.4, 0.5) is 0 Å². The van der Waals surface area contributed by atoms with Crippen molar-refractivity contribution in [1.82, 2.24) is 0 Å². The van der Waals surface area contributed by atoms with Gasteiger partial charge < -0.3 is 9.94 Å². The summed E-state index contributed by atoms with van der Waals surface area (Å²) in [5, 5.41) is 12.3. The van der Waals surface area contributed by atoms with Gasteiger partial charge in [-0.3, -0.25) is 0 Å². The summed E-state index contributed by atoms with van der Waals surface area (Å²) in [6.45, 7) is -0.461. The van der Waals surface area contributed by atoms with E-state index in [-0.39, 0.29) is 0 Å². The van der Waals surface area contributed by atoms with Crippen molar-refractivity contribution < 1.29 is 14.7 Å². The lowest BCUT2D eigenvalue weighted by molar-refractivity contribution is -0.142. The van der Waals surface area contributed by atoms with Crippen LogP contribution in [0.5, 0.6) is 0 Å². The van der Waals surface area contributed by atoms with E-state index >= 15 is 0 Å². The molecule has 80 valence electrons. The largest absolute Gasteiger partial charge is 0.479 e. The Kier molecular flexibility index (Phi) is 4.83. The summed E-state index contributed by atoms with van der Waals surface area (Å²) in [5.74, 6) is -1.07. The van der Waals surface area contributed by atoms with Gasteiger partial charge in [-0.05, 0) is 34.7 Å². The third-order valence-electron chi connectivity index (χ3n) is 1.44. The SMILES string of the molecule is O=C(O)CO/N=C/c1c(Cl)cccc1I. The first kappa shape index (κ1) is 12.3. The predicted octanol–water partition coefficient (Wildman–Crippen LogP) is 2.38. The molecule has 1 N–H and O–H groups in total. The topological polar surface area (TPSA) is 58.9 Å². The molecule has 0 aromatic heterocycles. The molecule has 0 aliphatic carbocycles. The summed E-state index contributed by atoms with van der Waals surface area (Å²) in [6.07, 6.45) is 1.40. The average molecular weight is 340 g/mol. The molecular formula is C9H7ClINO3. The zero-order chi connectivity index (χ0) is 11.3. The van der Waals surface area contributed by atoms with Gasteiger partial charge in [0, 0.05) is 9.13 Å². The second-order valence-corrected chi connectivity index (χ2v) is 4.11. The Morgan fingerprint density at radius 1 is 1.67 bits per heavy atom. The quantitative estimate of drug-likeness (QED) is 0.520. The van der Waals surface area contributed by atoms with E-state index in [0.29, 0.717) is 10.6 Å². The van der Waals surface area contributed by atoms with E-state index in [1.807, 2.05) is 12.1 Å². The zero-order valence-electron chi connectivity index (χ0n) is 7.48. The molecule has 4 nitrogen and oxygen atoms in total. The molecule has 15 heavy (non-hydrogen) atoms. The summed E-state index contributed by atoms with van der Waals surface area (Å²) in [5.41, 5.74) is 0.713. The number of carboxylic acids is 1. The number of carboxylic acid groups (broad SMARTS) is 1. The molecule has 1 rings (SSSR count). The second-order valence-electron chi connectivity index (χ2n) is 2.54. The van der Waals surface area contributed by atoms with E-state index in [1.54, 1.807) is 6.07 Å². The summed E-state index contributed by atoms with van der Waals surface area (Å²) in [6, 6.07) is 5.41. The maximum Gasteiger partial charge on any atom is 0.344 e. The van der Waals surface area contributed by atoms with Crippen LogP contribution in [-0.2, 0) is 9.63 Å². The van der Waals surface area contributed by atoms with Gasteiger partial charge in [-0.15, -0.1) is 0 Å². The molecule has 0 fully saturated rings. The lowest BCUT2D eigenvalue weighted by atomic mass is 10.2. The predicted molar refractivity (Wildman–Crippen MR) is 65.4 cm³/mol. The Hall–Kier alpha value is -0.820. The molecule has 0 atom stereocenters. The number of nitrogens with zero attached hydrogens (tertiary/aromatic N) is 1. The van der Waals surface area contributed by atoms with Crippen LogP contribution in [-0.4, -0.2) is 23.9 Å². The first-order valence-corrected chi connectivity index (χ1v) is 5.38. The van der Waals surface area contributed by atoms with Crippen molar-refractivity contribution in [2.45, 2.75) is 0 Å². The Morgan fingerprint density at radius 2 is 2.40 bits per heavy atom. The minimum absolute atomic E-state index is 0.461. The highest BCUT2D eigenvalue weighted by Crippen LogP contribution is 2.19. The van der Waals surface area contributed by atoms with Crippen molar-refractivity contribution in [3.63, 3.8) is 0 Å². The van der Waals surface area contributed by atoms with Crippen LogP contribution in [0.25, 0.3) is 0 Å². The summed E-state index contributed by atoms with van der Waals surface area (Å²) in [7, 11) is 0. The number of rotatable bonds is 4. The van der Waals surface area contributed by atoms with Crippen molar-refractivity contribution in [3.05, 3.63) is 32.4 Å². The first-order valence-electron chi connectivity index (χ1n) is 3.92. The normalized spacial score (nSPS) is 10.5. The standard InChI is InChI=1S/C9H7ClINO3/c10-7-2-1-3-8(11)6(7)4-12-15-5-9(13)14/h1-4H,5H2,(H,13,14)/b12-4+. The van der Waals surface area contributed by atoms with Crippen LogP contribution in [0.15, 0.2) is 23.4 Å². The molecule has 0 bridgehead atoms. The third-order valence-corrected chi connectivity index (χ3v) is 2.71. The van der Waals surface area contributed by atoms with Gasteiger partial charge in [-0.2, -0.15) is 0 Å². The highest BCUT2D eigenvalue weighted by molar-refractivity contribution is 14.1. The highest BCUT2D eigenvalue weighted by atomic mass is 127. The fraction of sp³-hybridized carbons (Fsp3) is 0.111. The van der Waals surface area contributed by atoms with E-state index in [4.69, 9.17) is 16.7 Å². The number of halogens is 2. The maximum atomic E-state index is 10.1. The van der Waals surface area contributed by atoms with Crippen molar-refractivity contribution >= 4 is 46.4 Å². The smallest absolute Gasteiger partial charge is 0.344 e. The van der Waals surface area contributed by atoms with E-state index in [1.165, 1.54) is 6.21 Å². The van der Waals surface area contributed by atoms with Gasteiger partial charge in [-0.1, -0.05) is 22.8 Å². The molecule has 0 heterocycles. The van der Waals surface area contributed by atoms with Gasteiger partial charge in [0.1, 0.15) is 0 Å². The number of hydrogen-bond acceptors (Lipinski definition) is 3. The monoisotopic (exact) mass is 339 g/mol. The molecule has 0 unspecified atom stereocenters. The molecule has 0 saturated carbocycles. The van der Waals surface area contributed by atoms with E-state index in [0.717, 1.165) is 3.57 Å². The number of aliphatic carboxylic acids is 1. The molecule has 0 radical (unpaired) electrons. The molecule has 0 aliphatic rings. The fourth-order valence-corrected chi connectivity index (χ4v) is 1.84. The van der Waals surface area contributed by atoms with Gasteiger partial charge in [0.15, 0.2) is 0 Å². The minimum Gasteiger partial charge on any atom is -0.479 e. The Morgan fingerprint density at radius 3 is 3.00 bits per heavy atom. The lowest BCUT2D eigenvalue weighted by Gasteiger charge is -2.00. The van der Waals surface area contributed by atoms with Gasteiger partial charge in [0.05, 0.1) is 11.2 Å². The summed E-state index contributed by atoms with van der Waals surface area (Å²) < 4.78 is 0.919. The lowest BCUT2D eigenvalue weighted by Crippen LogP contribution is -2.03. The molecule has 1 aromatic carbocycles. The van der Waals surface area contributed by atoms with Gasteiger partial charge in [0.2, 0.25) is 6.61 Å². The van der Waals surface area contributed by atoms with Crippen molar-refractivity contribution in [2.24, 2.45) is 5.16 Å². The Bertz CT molecular complexity index is 375. The molecule has 0 amide bonds. The number of benzene rings is 1. The minimum atomic E-state index is -1.07. The Balaban J connectivity index is 2.67. The van der Waals surface area contributed by atoms with E-state index in [9.17, 15) is 4.79 Å². The van der Waals surface area contributed by atoms with Crippen LogP contribution in [0.3, 0.4) is 0 Å². The average Bonchev–Trinajstić information content (AvgIpc) is 2.15. The third kappa shape index (κ3) is 4.05. The maximum absolute atomic E-state index is 10.1. The van der Waals surface area contributed by atoms with Crippen LogP contribution >= 0.6 is 34.2 Å². The number of carbonyl (C=O) groups is 1. The number of hydrogen-bond donors (Lipinski definition) is 1. The van der Waals surface area contributed by atoms with Gasteiger partial charge >= 0.3 is 5.97 Å². The molecule has 0 aliphatic heterocycles. The molecule has 0 saturated heterocycles. The van der Waals surface area contributed by atoms with Crippen molar-refractivity contribution in [2.75, 3.05) is 6.61 Å². The first-order chi connectivity index (χ1) is 7.11. The second kappa shape index (κ2) is 5.92. The molecule has 6 heteroatoms. The number of oxime groups is 1. The highest BCUT2D eigenvalue weighted by Gasteiger charge is 2.01. The zero-order valence-corrected chi connectivity index (χ0v) is 10.4. The van der Waals surface area contributed by atoms with Crippen molar-refractivity contribution in [3.8, 4) is 0 Å². The summed E-state index contributed by atoms with van der Waals surface area (Å²) >= 11 is 8.01. The van der Waals surface area contributed by atoms with Crippen LogP contribution < -0.4 is 0 Å². The van der Waals surface area contributed by atoms with Crippen molar-refractivity contribution in [1.29, 1.82) is 0 Å². The van der Waals surface area contributed by atoms with Gasteiger partial charge in [-0.25, -0.2) is 4.79 Å². The summed E-state index contributed by atoms with van der Waals surface area (Å²) in [4.78, 5) is 14.6. The van der Waals surface area contributed by atoms with Crippen LogP contribution in [0.2, 0.25) is 5.02 Å². The molecule has 1 aromatic rings. The van der Waals surface area contributed by atoms with Crippen LogP contribution in [0, 0.1) is 3.57 Å². The van der Waals surface area contributed by atoms with Crippen LogP contribution in [0.1, 0.15) is 5.56 Å². The fourth-order valence-electron chi connectivity index (χ4n) is 0.817. The molecular weight excluding hydrogens is 332 g/mol. The van der Waals surface area contributed by atoms with E-state index < -0.39 is 12.6 Å². The molecule has 0 spiro atoms. The van der Waals surface area contributed by atoms with E-state index in [2.05, 4.69) is 32.6 Å².